The molecule has 0 fully saturated rings. The van der Waals surface area contributed by atoms with Crippen molar-refractivity contribution in [1.29, 1.82) is 0 Å². The summed E-state index contributed by atoms with van der Waals surface area (Å²) in [6.07, 6.45) is 0. The molecule has 12 rings (SSSR count). The molecule has 0 atom stereocenters. The lowest BCUT2D eigenvalue weighted by Gasteiger charge is -2.50. The van der Waals surface area contributed by atoms with Gasteiger partial charge in [-0.15, -0.1) is 0 Å². The Hall–Kier alpha value is -8.00. The maximum atomic E-state index is 2.50. The van der Waals surface area contributed by atoms with Crippen LogP contribution in [-0.4, -0.2) is 0 Å². The molecule has 0 amide bonds. The van der Waals surface area contributed by atoms with E-state index in [-0.39, 0.29) is 0 Å². The van der Waals surface area contributed by atoms with Gasteiger partial charge < -0.3 is 4.90 Å². The highest BCUT2D eigenvalue weighted by molar-refractivity contribution is 5.91. The van der Waals surface area contributed by atoms with Crippen molar-refractivity contribution in [1.82, 2.24) is 0 Å². The fraction of sp³-hybridized carbons (Fsp3) is 0.0323. The molecule has 0 bridgehead atoms. The van der Waals surface area contributed by atoms with Crippen LogP contribution in [0, 0.1) is 0 Å². The molecule has 0 saturated heterocycles. The molecule has 0 aromatic heterocycles. The van der Waals surface area contributed by atoms with E-state index < -0.39 is 10.8 Å². The van der Waals surface area contributed by atoms with E-state index in [2.05, 4.69) is 266 Å². The summed E-state index contributed by atoms with van der Waals surface area (Å²) >= 11 is 0. The molecule has 1 spiro atoms. The van der Waals surface area contributed by atoms with Crippen LogP contribution in [0.5, 0.6) is 0 Å². The van der Waals surface area contributed by atoms with Gasteiger partial charge in [0.25, 0.3) is 0 Å². The number of rotatable bonds is 7. The predicted molar refractivity (Wildman–Crippen MR) is 261 cm³/mol. The lowest BCUT2D eigenvalue weighted by molar-refractivity contribution is 0.624. The third-order valence-electron chi connectivity index (χ3n) is 13.6. The lowest BCUT2D eigenvalue weighted by Crippen LogP contribution is -2.44. The van der Waals surface area contributed by atoms with E-state index in [0.717, 1.165) is 17.1 Å². The van der Waals surface area contributed by atoms with Crippen molar-refractivity contribution in [2.45, 2.75) is 10.8 Å². The van der Waals surface area contributed by atoms with Crippen LogP contribution in [0.4, 0.5) is 17.1 Å². The van der Waals surface area contributed by atoms with Gasteiger partial charge in [0.15, 0.2) is 0 Å². The first-order valence-electron chi connectivity index (χ1n) is 21.9. The number of hydrogen-bond donors (Lipinski definition) is 0. The van der Waals surface area contributed by atoms with Crippen LogP contribution in [0.25, 0.3) is 33.4 Å². The highest BCUT2D eigenvalue weighted by Crippen LogP contribution is 2.64. The van der Waals surface area contributed by atoms with Crippen molar-refractivity contribution in [2.75, 3.05) is 4.90 Å². The van der Waals surface area contributed by atoms with Crippen LogP contribution in [0.3, 0.4) is 0 Å². The number of benzene rings is 10. The average Bonchev–Trinajstić information content (AvgIpc) is 3.66. The van der Waals surface area contributed by atoms with Gasteiger partial charge in [-0.2, -0.15) is 0 Å². The zero-order valence-electron chi connectivity index (χ0n) is 34.8. The number of hydrogen-bond acceptors (Lipinski definition) is 1. The molecule has 0 radical (unpaired) electrons. The summed E-state index contributed by atoms with van der Waals surface area (Å²) in [6, 6.07) is 96.4. The third-order valence-corrected chi connectivity index (χ3v) is 13.6. The van der Waals surface area contributed by atoms with Gasteiger partial charge >= 0.3 is 0 Å². The molecule has 0 N–H and O–H groups in total. The Bertz CT molecular complexity index is 3130. The summed E-state index contributed by atoms with van der Waals surface area (Å²) in [7, 11) is 0. The van der Waals surface area contributed by atoms with Gasteiger partial charge in [0.05, 0.1) is 10.8 Å². The second kappa shape index (κ2) is 14.9. The van der Waals surface area contributed by atoms with Gasteiger partial charge in [-0.1, -0.05) is 212 Å². The van der Waals surface area contributed by atoms with Gasteiger partial charge in [0.1, 0.15) is 0 Å². The van der Waals surface area contributed by atoms with Crippen LogP contribution in [0.1, 0.15) is 44.5 Å². The molecule has 0 unspecified atom stereocenters. The molecule has 1 heteroatoms. The van der Waals surface area contributed by atoms with Crippen LogP contribution >= 0.6 is 0 Å². The molecule has 10 aromatic rings. The van der Waals surface area contributed by atoms with E-state index in [0.29, 0.717) is 0 Å². The van der Waals surface area contributed by atoms with E-state index in [1.54, 1.807) is 0 Å². The quantitative estimate of drug-likeness (QED) is 0.155. The van der Waals surface area contributed by atoms with Crippen LogP contribution < -0.4 is 4.90 Å². The molecule has 2 aliphatic carbocycles. The van der Waals surface area contributed by atoms with Crippen molar-refractivity contribution in [3.8, 4) is 33.4 Å². The van der Waals surface area contributed by atoms with Crippen LogP contribution in [0.2, 0.25) is 0 Å². The van der Waals surface area contributed by atoms with Crippen molar-refractivity contribution in [3.63, 3.8) is 0 Å². The van der Waals surface area contributed by atoms with Gasteiger partial charge in [0, 0.05) is 17.1 Å². The predicted octanol–water partition coefficient (Wildman–Crippen LogP) is 15.5. The molecule has 1 nitrogen and oxygen atoms in total. The molecule has 0 heterocycles. The fourth-order valence-corrected chi connectivity index (χ4v) is 11.1. The van der Waals surface area contributed by atoms with Crippen LogP contribution in [-0.2, 0) is 10.8 Å². The Morgan fingerprint density at radius 3 is 1.14 bits per heavy atom. The van der Waals surface area contributed by atoms with Gasteiger partial charge in [0.2, 0.25) is 0 Å². The Kier molecular flexibility index (Phi) is 8.69. The van der Waals surface area contributed by atoms with Crippen molar-refractivity contribution >= 4 is 17.1 Å². The summed E-state index contributed by atoms with van der Waals surface area (Å²) < 4.78 is 0. The van der Waals surface area contributed by atoms with E-state index in [9.17, 15) is 0 Å². The Labute approximate surface area is 369 Å². The van der Waals surface area contributed by atoms with Crippen molar-refractivity contribution < 1.29 is 0 Å². The number of anilines is 3. The third kappa shape index (κ3) is 5.56. The number of para-hydroxylation sites is 2. The maximum Gasteiger partial charge on any atom is 0.0720 e. The normalized spacial score (nSPS) is 13.7. The smallest absolute Gasteiger partial charge is 0.0720 e. The lowest BCUT2D eigenvalue weighted by atomic mass is 9.51. The topological polar surface area (TPSA) is 3.24 Å². The SMILES string of the molecule is c1ccc(N(c2ccccc2)c2ccc(-c3cccc(-c4ccc5c(c4)C4(c6ccccc6-5)c5ccccc5C(c5ccccc5)(c5ccccc5)c5ccccc54)c3)cc2)cc1. The summed E-state index contributed by atoms with van der Waals surface area (Å²) in [5.74, 6) is 0. The molecule has 2 aliphatic rings. The first-order valence-corrected chi connectivity index (χ1v) is 21.9. The van der Waals surface area contributed by atoms with E-state index in [1.807, 2.05) is 0 Å². The number of fused-ring (bicyclic) bond motifs is 9. The molecule has 63 heavy (non-hydrogen) atoms. The zero-order valence-corrected chi connectivity index (χ0v) is 34.8. The Morgan fingerprint density at radius 2 is 0.603 bits per heavy atom. The molecule has 0 saturated carbocycles. The second-order valence-electron chi connectivity index (χ2n) is 16.8. The summed E-state index contributed by atoms with van der Waals surface area (Å²) in [5, 5.41) is 0. The highest BCUT2D eigenvalue weighted by Gasteiger charge is 2.56. The van der Waals surface area contributed by atoms with Gasteiger partial charge in [-0.05, 0) is 126 Å². The Morgan fingerprint density at radius 1 is 0.222 bits per heavy atom. The van der Waals surface area contributed by atoms with Gasteiger partial charge in [-0.25, -0.2) is 0 Å². The molecular formula is C62H43N. The first-order chi connectivity index (χ1) is 31.3. The molecular weight excluding hydrogens is 759 g/mol. The number of nitrogens with zero attached hydrogens (tertiary/aromatic N) is 1. The standard InChI is InChI=1S/C62H43N/c1-5-22-48(23-6-1)61(49-24-7-2-8-25-49)56-32-15-17-34-58(56)62(59-35-18-16-33-57(59)61)55-31-14-13-30-53(55)54-41-38-47(43-60(54)62)46-21-19-20-45(42-46)44-36-39-52(40-37-44)63(50-26-9-3-10-27-50)51-28-11-4-12-29-51/h1-43H. The first kappa shape index (κ1) is 36.8. The van der Waals surface area contributed by atoms with E-state index in [1.165, 1.54) is 77.9 Å². The largest absolute Gasteiger partial charge is 0.311 e. The summed E-state index contributed by atoms with van der Waals surface area (Å²) in [4.78, 5) is 2.31. The van der Waals surface area contributed by atoms with E-state index >= 15 is 0 Å². The minimum Gasteiger partial charge on any atom is -0.311 e. The minimum absolute atomic E-state index is 0.528. The molecule has 10 aromatic carbocycles. The van der Waals surface area contributed by atoms with E-state index in [4.69, 9.17) is 0 Å². The summed E-state index contributed by atoms with van der Waals surface area (Å²) in [5.41, 5.74) is 20.1. The Balaban J connectivity index is 1.02. The maximum absolute atomic E-state index is 2.50. The zero-order chi connectivity index (χ0) is 41.8. The van der Waals surface area contributed by atoms with Crippen molar-refractivity contribution in [3.05, 3.63) is 305 Å². The van der Waals surface area contributed by atoms with Crippen LogP contribution in [0.15, 0.2) is 261 Å². The monoisotopic (exact) mass is 801 g/mol. The molecule has 296 valence electrons. The fourth-order valence-electron chi connectivity index (χ4n) is 11.1. The van der Waals surface area contributed by atoms with Gasteiger partial charge in [-0.3, -0.25) is 0 Å². The average molecular weight is 802 g/mol. The summed E-state index contributed by atoms with van der Waals surface area (Å²) in [6.45, 7) is 0. The molecule has 0 aliphatic heterocycles. The highest BCUT2D eigenvalue weighted by atomic mass is 15.1. The second-order valence-corrected chi connectivity index (χ2v) is 16.8. The minimum atomic E-state index is -0.543. The van der Waals surface area contributed by atoms with Crippen molar-refractivity contribution in [2.24, 2.45) is 0 Å².